The van der Waals surface area contributed by atoms with E-state index in [-0.39, 0.29) is 12.2 Å². The SMILES string of the molecule is CCc1nn(C)c(CC(=O)C(O)(CC)CC)c1Br. The molecule has 0 atom stereocenters. The fourth-order valence-electron chi connectivity index (χ4n) is 1.97. The third-order valence-electron chi connectivity index (χ3n) is 3.52. The lowest BCUT2D eigenvalue weighted by Crippen LogP contribution is -2.38. The molecule has 0 unspecified atom stereocenters. The molecule has 1 heterocycles. The maximum Gasteiger partial charge on any atom is 0.170 e. The van der Waals surface area contributed by atoms with Gasteiger partial charge in [-0.15, -0.1) is 0 Å². The van der Waals surface area contributed by atoms with Gasteiger partial charge in [-0.25, -0.2) is 0 Å². The second-order valence-corrected chi connectivity index (χ2v) is 5.32. The Balaban J connectivity index is 2.98. The molecule has 0 saturated heterocycles. The summed E-state index contributed by atoms with van der Waals surface area (Å²) in [6.45, 7) is 5.68. The summed E-state index contributed by atoms with van der Waals surface area (Å²) in [4.78, 5) is 12.2. The zero-order valence-electron chi connectivity index (χ0n) is 11.5. The highest BCUT2D eigenvalue weighted by Crippen LogP contribution is 2.25. The average molecular weight is 317 g/mol. The van der Waals surface area contributed by atoms with Crippen molar-refractivity contribution in [1.82, 2.24) is 9.78 Å². The summed E-state index contributed by atoms with van der Waals surface area (Å²) in [5.74, 6) is -0.140. The summed E-state index contributed by atoms with van der Waals surface area (Å²) < 4.78 is 2.60. The molecule has 0 aliphatic heterocycles. The van der Waals surface area contributed by atoms with Gasteiger partial charge in [0.1, 0.15) is 5.60 Å². The van der Waals surface area contributed by atoms with E-state index in [9.17, 15) is 9.90 Å². The van der Waals surface area contributed by atoms with Crippen LogP contribution in [0.25, 0.3) is 0 Å². The molecule has 0 aromatic carbocycles. The zero-order chi connectivity index (χ0) is 13.9. The van der Waals surface area contributed by atoms with Gasteiger partial charge in [0, 0.05) is 7.05 Å². The van der Waals surface area contributed by atoms with Gasteiger partial charge in [0.25, 0.3) is 0 Å². The number of Topliss-reactive ketones (excluding diaryl/α,β-unsaturated/α-hetero) is 1. The first-order chi connectivity index (χ1) is 8.39. The second kappa shape index (κ2) is 5.97. The van der Waals surface area contributed by atoms with Crippen molar-refractivity contribution in [1.29, 1.82) is 0 Å². The standard InChI is InChI=1S/C13H21BrN2O2/c1-5-9-12(14)10(16(4)15-9)8-11(17)13(18,6-2)7-3/h18H,5-8H2,1-4H3. The fourth-order valence-corrected chi connectivity index (χ4v) is 2.73. The molecule has 0 radical (unpaired) electrons. The highest BCUT2D eigenvalue weighted by Gasteiger charge is 2.32. The Morgan fingerprint density at radius 1 is 1.39 bits per heavy atom. The molecule has 0 amide bonds. The second-order valence-electron chi connectivity index (χ2n) is 4.52. The molecular formula is C13H21BrN2O2. The van der Waals surface area contributed by atoms with Crippen molar-refractivity contribution >= 4 is 21.7 Å². The minimum atomic E-state index is -1.21. The van der Waals surface area contributed by atoms with E-state index >= 15 is 0 Å². The van der Waals surface area contributed by atoms with E-state index in [1.807, 2.05) is 27.8 Å². The Morgan fingerprint density at radius 2 is 1.94 bits per heavy atom. The summed E-state index contributed by atoms with van der Waals surface area (Å²) in [7, 11) is 1.82. The Labute approximate surface area is 117 Å². The first kappa shape index (κ1) is 15.4. The van der Waals surface area contributed by atoms with Gasteiger partial charge < -0.3 is 5.11 Å². The number of aromatic nitrogens is 2. The molecule has 0 spiro atoms. The monoisotopic (exact) mass is 316 g/mol. The van der Waals surface area contributed by atoms with Crippen molar-refractivity contribution in [3.8, 4) is 0 Å². The smallest absolute Gasteiger partial charge is 0.170 e. The summed E-state index contributed by atoms with van der Waals surface area (Å²) in [6, 6.07) is 0. The van der Waals surface area contributed by atoms with E-state index in [1.165, 1.54) is 0 Å². The van der Waals surface area contributed by atoms with Crippen molar-refractivity contribution in [2.24, 2.45) is 7.05 Å². The van der Waals surface area contributed by atoms with Crippen molar-refractivity contribution in [2.45, 2.75) is 52.1 Å². The van der Waals surface area contributed by atoms with E-state index in [1.54, 1.807) is 4.68 Å². The van der Waals surface area contributed by atoms with E-state index in [0.717, 1.165) is 22.3 Å². The molecule has 0 saturated carbocycles. The zero-order valence-corrected chi connectivity index (χ0v) is 13.0. The Bertz CT molecular complexity index is 436. The predicted octanol–water partition coefficient (Wildman–Crippen LogP) is 2.41. The van der Waals surface area contributed by atoms with E-state index < -0.39 is 5.60 Å². The van der Waals surface area contributed by atoms with Crippen molar-refractivity contribution < 1.29 is 9.90 Å². The first-order valence-electron chi connectivity index (χ1n) is 6.35. The third-order valence-corrected chi connectivity index (χ3v) is 4.44. The quantitative estimate of drug-likeness (QED) is 0.876. The molecule has 0 fully saturated rings. The van der Waals surface area contributed by atoms with Gasteiger partial charge in [0.05, 0.1) is 22.3 Å². The van der Waals surface area contributed by atoms with Crippen LogP contribution in [0.1, 0.15) is 45.0 Å². The lowest BCUT2D eigenvalue weighted by atomic mass is 9.89. The van der Waals surface area contributed by atoms with Crippen LogP contribution in [0.5, 0.6) is 0 Å². The van der Waals surface area contributed by atoms with Crippen molar-refractivity contribution in [2.75, 3.05) is 0 Å². The van der Waals surface area contributed by atoms with E-state index in [0.29, 0.717) is 12.8 Å². The third kappa shape index (κ3) is 2.83. The normalized spacial score (nSPS) is 11.9. The van der Waals surface area contributed by atoms with Crippen molar-refractivity contribution in [3.63, 3.8) is 0 Å². The number of aliphatic hydroxyl groups is 1. The Kier molecular flexibility index (Phi) is 5.10. The largest absolute Gasteiger partial charge is 0.382 e. The minimum Gasteiger partial charge on any atom is -0.382 e. The van der Waals surface area contributed by atoms with E-state index in [4.69, 9.17) is 0 Å². The number of hydrogen-bond donors (Lipinski definition) is 1. The molecule has 0 aliphatic rings. The number of nitrogens with zero attached hydrogens (tertiary/aromatic N) is 2. The van der Waals surface area contributed by atoms with Crippen molar-refractivity contribution in [3.05, 3.63) is 15.9 Å². The number of rotatable bonds is 6. The molecule has 102 valence electrons. The lowest BCUT2D eigenvalue weighted by Gasteiger charge is -2.23. The number of halogens is 1. The van der Waals surface area contributed by atoms with E-state index in [2.05, 4.69) is 21.0 Å². The number of carbonyl (C=O) groups excluding carboxylic acids is 1. The van der Waals surface area contributed by atoms with Crippen LogP contribution in [0, 0.1) is 0 Å². The summed E-state index contributed by atoms with van der Waals surface area (Å²) in [5.41, 5.74) is 0.560. The molecule has 0 bridgehead atoms. The number of ketones is 1. The number of aryl methyl sites for hydroxylation is 2. The molecule has 1 rings (SSSR count). The molecule has 1 aromatic heterocycles. The highest BCUT2D eigenvalue weighted by molar-refractivity contribution is 9.10. The molecule has 1 aromatic rings. The molecule has 18 heavy (non-hydrogen) atoms. The van der Waals surface area contributed by atoms with Crippen LogP contribution in [-0.4, -0.2) is 26.3 Å². The lowest BCUT2D eigenvalue weighted by molar-refractivity contribution is -0.137. The minimum absolute atomic E-state index is 0.140. The van der Waals surface area contributed by atoms with Gasteiger partial charge in [-0.2, -0.15) is 5.10 Å². The van der Waals surface area contributed by atoms with Crippen LogP contribution < -0.4 is 0 Å². The van der Waals surface area contributed by atoms with Gasteiger partial charge in [-0.1, -0.05) is 20.8 Å². The van der Waals surface area contributed by atoms with Crippen LogP contribution in [0.4, 0.5) is 0 Å². The predicted molar refractivity (Wildman–Crippen MR) is 74.5 cm³/mol. The molecule has 4 nitrogen and oxygen atoms in total. The van der Waals surface area contributed by atoms with Crippen LogP contribution in [0.15, 0.2) is 4.47 Å². The Hall–Kier alpha value is -0.680. The molecule has 0 aliphatic carbocycles. The fraction of sp³-hybridized carbons (Fsp3) is 0.692. The van der Waals surface area contributed by atoms with Crippen LogP contribution in [0.2, 0.25) is 0 Å². The number of carbonyl (C=O) groups is 1. The van der Waals surface area contributed by atoms with Gasteiger partial charge in [-0.05, 0) is 35.2 Å². The van der Waals surface area contributed by atoms with Crippen LogP contribution in [-0.2, 0) is 24.7 Å². The van der Waals surface area contributed by atoms with Crippen LogP contribution >= 0.6 is 15.9 Å². The van der Waals surface area contributed by atoms with Gasteiger partial charge in [0.2, 0.25) is 0 Å². The van der Waals surface area contributed by atoms with Gasteiger partial charge >= 0.3 is 0 Å². The molecule has 1 N–H and O–H groups in total. The van der Waals surface area contributed by atoms with Crippen LogP contribution in [0.3, 0.4) is 0 Å². The highest BCUT2D eigenvalue weighted by atomic mass is 79.9. The number of hydrogen-bond acceptors (Lipinski definition) is 3. The van der Waals surface area contributed by atoms with Gasteiger partial charge in [-0.3, -0.25) is 9.48 Å². The first-order valence-corrected chi connectivity index (χ1v) is 7.14. The maximum absolute atomic E-state index is 12.2. The summed E-state index contributed by atoms with van der Waals surface area (Å²) in [6.07, 6.45) is 1.91. The molecule has 5 heteroatoms. The average Bonchev–Trinajstić information content (AvgIpc) is 2.64. The van der Waals surface area contributed by atoms with Gasteiger partial charge in [0.15, 0.2) is 5.78 Å². The molecular weight excluding hydrogens is 296 g/mol. The summed E-state index contributed by atoms with van der Waals surface area (Å²) in [5, 5.41) is 14.6. The Morgan fingerprint density at radius 3 is 2.33 bits per heavy atom. The maximum atomic E-state index is 12.2. The topological polar surface area (TPSA) is 55.1 Å². The summed E-state index contributed by atoms with van der Waals surface area (Å²) >= 11 is 3.48.